The summed E-state index contributed by atoms with van der Waals surface area (Å²) in [4.78, 5) is 4.57. The maximum atomic E-state index is 9.05. The van der Waals surface area contributed by atoms with E-state index in [0.29, 0.717) is 6.54 Å². The van der Waals surface area contributed by atoms with Crippen molar-refractivity contribution in [1.82, 2.24) is 0 Å². The minimum Gasteiger partial charge on any atom is -0.395 e. The zero-order valence-electron chi connectivity index (χ0n) is 17.8. The second kappa shape index (κ2) is 12.2. The number of benzene rings is 2. The van der Waals surface area contributed by atoms with Crippen LogP contribution in [0.3, 0.4) is 0 Å². The summed E-state index contributed by atoms with van der Waals surface area (Å²) >= 11 is 0. The molecule has 2 aromatic rings. The van der Waals surface area contributed by atoms with E-state index in [2.05, 4.69) is 84.3 Å². The number of nitrogens with zero attached hydrogens (tertiary/aromatic N) is 2. The summed E-state index contributed by atoms with van der Waals surface area (Å²) in [5.74, 6) is 0. The highest BCUT2D eigenvalue weighted by Crippen LogP contribution is 2.19. The van der Waals surface area contributed by atoms with Crippen LogP contribution in [-0.2, 0) is 0 Å². The van der Waals surface area contributed by atoms with Gasteiger partial charge in [0.2, 0.25) is 0 Å². The number of anilines is 2. The largest absolute Gasteiger partial charge is 0.395 e. The first-order chi connectivity index (χ1) is 13.7. The zero-order valence-corrected chi connectivity index (χ0v) is 17.8. The molecule has 0 amide bonds. The number of hydrogen-bond acceptors (Lipinski definition) is 3. The average molecular weight is 381 g/mol. The molecule has 0 saturated carbocycles. The second-order valence-corrected chi connectivity index (χ2v) is 7.36. The maximum absolute atomic E-state index is 9.05. The molecule has 2 aromatic carbocycles. The smallest absolute Gasteiger partial charge is 0.0606 e. The van der Waals surface area contributed by atoms with Crippen LogP contribution in [0.2, 0.25) is 0 Å². The van der Waals surface area contributed by atoms with Crippen LogP contribution in [0.1, 0.15) is 50.7 Å². The fraction of sp³-hybridized carbons (Fsp3) is 0.440. The van der Waals surface area contributed by atoms with Gasteiger partial charge in [0.15, 0.2) is 0 Å². The monoisotopic (exact) mass is 380 g/mol. The highest BCUT2D eigenvalue weighted by Gasteiger charge is 2.05. The lowest BCUT2D eigenvalue weighted by Crippen LogP contribution is -2.25. The van der Waals surface area contributed by atoms with Gasteiger partial charge in [0.1, 0.15) is 0 Å². The summed E-state index contributed by atoms with van der Waals surface area (Å²) in [6, 6.07) is 17.3. The van der Waals surface area contributed by atoms with E-state index in [9.17, 15) is 0 Å². The lowest BCUT2D eigenvalue weighted by atomic mass is 10.1. The summed E-state index contributed by atoms with van der Waals surface area (Å²) in [7, 11) is 1.99. The van der Waals surface area contributed by atoms with Crippen molar-refractivity contribution in [2.24, 2.45) is 0 Å². The fourth-order valence-electron chi connectivity index (χ4n) is 3.18. The first kappa shape index (κ1) is 22.0. The number of aliphatic hydroxyl groups is 1. The van der Waals surface area contributed by atoms with Gasteiger partial charge in [-0.2, -0.15) is 0 Å². The molecule has 0 fully saturated rings. The molecule has 0 atom stereocenters. The molecule has 0 heterocycles. The summed E-state index contributed by atoms with van der Waals surface area (Å²) in [5, 5.41) is 9.05. The minimum atomic E-state index is 0.169. The number of hydrogen-bond donors (Lipinski definition) is 1. The molecule has 3 nitrogen and oxygen atoms in total. The summed E-state index contributed by atoms with van der Waals surface area (Å²) in [5.41, 5.74) is 4.85. The van der Waals surface area contributed by atoms with Crippen molar-refractivity contribution in [1.29, 1.82) is 0 Å². The predicted octanol–water partition coefficient (Wildman–Crippen LogP) is 5.69. The molecule has 0 saturated heterocycles. The average Bonchev–Trinajstić information content (AvgIpc) is 2.73. The van der Waals surface area contributed by atoms with Gasteiger partial charge in [-0.15, -0.1) is 0 Å². The molecule has 2 rings (SSSR count). The number of rotatable bonds is 12. The molecular weight excluding hydrogens is 344 g/mol. The first-order valence-electron chi connectivity index (χ1n) is 10.6. The highest BCUT2D eigenvalue weighted by atomic mass is 16.3. The molecule has 0 radical (unpaired) electrons. The molecule has 0 aliphatic carbocycles. The molecule has 28 heavy (non-hydrogen) atoms. The van der Waals surface area contributed by atoms with E-state index in [4.69, 9.17) is 5.11 Å². The Morgan fingerprint density at radius 3 is 1.61 bits per heavy atom. The SMILES string of the molecule is CCCCN(CCCC)c1ccc(/C=C/c2ccc(N(C)CCO)cc2)cc1. The van der Waals surface area contributed by atoms with Gasteiger partial charge in [-0.3, -0.25) is 0 Å². The van der Waals surface area contributed by atoms with Crippen LogP contribution >= 0.6 is 0 Å². The van der Waals surface area contributed by atoms with Crippen molar-refractivity contribution >= 4 is 23.5 Å². The number of unbranched alkanes of at least 4 members (excludes halogenated alkanes) is 2. The number of likely N-dealkylation sites (N-methyl/N-ethyl adjacent to an activating group) is 1. The van der Waals surface area contributed by atoms with Crippen molar-refractivity contribution in [3.8, 4) is 0 Å². The predicted molar refractivity (Wildman–Crippen MR) is 124 cm³/mol. The first-order valence-corrected chi connectivity index (χ1v) is 10.6. The van der Waals surface area contributed by atoms with Gasteiger partial charge in [-0.05, 0) is 48.2 Å². The van der Waals surface area contributed by atoms with E-state index in [0.717, 1.165) is 18.8 Å². The number of aliphatic hydroxyl groups excluding tert-OH is 1. The van der Waals surface area contributed by atoms with E-state index >= 15 is 0 Å². The highest BCUT2D eigenvalue weighted by molar-refractivity contribution is 5.71. The van der Waals surface area contributed by atoms with Crippen molar-refractivity contribution in [2.75, 3.05) is 43.1 Å². The summed E-state index contributed by atoms with van der Waals surface area (Å²) < 4.78 is 0. The Morgan fingerprint density at radius 1 is 0.714 bits per heavy atom. The van der Waals surface area contributed by atoms with Gasteiger partial charge in [0.25, 0.3) is 0 Å². The molecule has 0 aliphatic heterocycles. The lowest BCUT2D eigenvalue weighted by molar-refractivity contribution is 0.304. The van der Waals surface area contributed by atoms with E-state index in [1.54, 1.807) is 0 Å². The summed E-state index contributed by atoms with van der Waals surface area (Å²) in [6.45, 7) is 7.61. The van der Waals surface area contributed by atoms with E-state index < -0.39 is 0 Å². The van der Waals surface area contributed by atoms with E-state index in [1.165, 1.54) is 42.5 Å². The minimum absolute atomic E-state index is 0.169. The quantitative estimate of drug-likeness (QED) is 0.479. The molecule has 0 unspecified atom stereocenters. The van der Waals surface area contributed by atoms with Crippen LogP contribution in [0, 0.1) is 0 Å². The Balaban J connectivity index is 2.00. The van der Waals surface area contributed by atoms with Crippen molar-refractivity contribution < 1.29 is 5.11 Å². The third kappa shape index (κ3) is 7.05. The van der Waals surface area contributed by atoms with Crippen LogP contribution in [0.4, 0.5) is 11.4 Å². The molecule has 0 aromatic heterocycles. The van der Waals surface area contributed by atoms with Crippen LogP contribution in [0.15, 0.2) is 48.5 Å². The molecule has 0 bridgehead atoms. The maximum Gasteiger partial charge on any atom is 0.0606 e. The Kier molecular flexibility index (Phi) is 9.64. The third-order valence-electron chi connectivity index (χ3n) is 5.06. The van der Waals surface area contributed by atoms with Crippen LogP contribution in [0.25, 0.3) is 12.2 Å². The van der Waals surface area contributed by atoms with Gasteiger partial charge >= 0.3 is 0 Å². The Morgan fingerprint density at radius 2 is 1.18 bits per heavy atom. The van der Waals surface area contributed by atoms with Gasteiger partial charge in [-0.25, -0.2) is 0 Å². The van der Waals surface area contributed by atoms with Gasteiger partial charge in [0, 0.05) is 38.1 Å². The Labute approximate surface area is 171 Å². The van der Waals surface area contributed by atoms with Crippen molar-refractivity contribution in [3.63, 3.8) is 0 Å². The molecule has 152 valence electrons. The van der Waals surface area contributed by atoms with Crippen LogP contribution in [-0.4, -0.2) is 38.4 Å². The zero-order chi connectivity index (χ0) is 20.2. The fourth-order valence-corrected chi connectivity index (χ4v) is 3.18. The van der Waals surface area contributed by atoms with Crippen LogP contribution < -0.4 is 9.80 Å². The molecular formula is C25H36N2O. The second-order valence-electron chi connectivity index (χ2n) is 7.36. The lowest BCUT2D eigenvalue weighted by Gasteiger charge is -2.24. The third-order valence-corrected chi connectivity index (χ3v) is 5.06. The normalized spacial score (nSPS) is 11.1. The van der Waals surface area contributed by atoms with E-state index in [1.807, 2.05) is 7.05 Å². The van der Waals surface area contributed by atoms with Crippen molar-refractivity contribution in [3.05, 3.63) is 59.7 Å². The van der Waals surface area contributed by atoms with Gasteiger partial charge in [-0.1, -0.05) is 63.1 Å². The Bertz CT molecular complexity index is 683. The van der Waals surface area contributed by atoms with Crippen molar-refractivity contribution in [2.45, 2.75) is 39.5 Å². The molecule has 1 N–H and O–H groups in total. The van der Waals surface area contributed by atoms with E-state index in [-0.39, 0.29) is 6.61 Å². The Hall–Kier alpha value is -2.26. The topological polar surface area (TPSA) is 26.7 Å². The van der Waals surface area contributed by atoms with Gasteiger partial charge < -0.3 is 14.9 Å². The molecule has 0 aliphatic rings. The molecule has 3 heteroatoms. The van der Waals surface area contributed by atoms with Gasteiger partial charge in [0.05, 0.1) is 6.61 Å². The summed E-state index contributed by atoms with van der Waals surface area (Å²) in [6.07, 6.45) is 9.27. The standard InChI is InChI=1S/C25H36N2O/c1-4-6-18-27(19-7-5-2)25-16-12-23(13-17-25)9-8-22-10-14-24(15-11-22)26(3)20-21-28/h8-17,28H,4-7,18-21H2,1-3H3/b9-8+. The van der Waals surface area contributed by atoms with Crippen LogP contribution in [0.5, 0.6) is 0 Å². The molecule has 0 spiro atoms.